The molecule has 0 aliphatic carbocycles. The van der Waals surface area contributed by atoms with Crippen molar-refractivity contribution in [2.45, 2.75) is 13.0 Å². The molecule has 24 heavy (non-hydrogen) atoms. The number of ether oxygens (including phenoxy) is 1. The molecule has 2 aromatic carbocycles. The lowest BCUT2D eigenvalue weighted by atomic mass is 10.0. The predicted molar refractivity (Wildman–Crippen MR) is 104 cm³/mol. The van der Waals surface area contributed by atoms with Crippen molar-refractivity contribution in [3.63, 3.8) is 0 Å². The molecule has 0 spiro atoms. The van der Waals surface area contributed by atoms with Crippen molar-refractivity contribution in [1.82, 2.24) is 5.32 Å². The molecule has 0 aliphatic heterocycles. The summed E-state index contributed by atoms with van der Waals surface area (Å²) in [7, 11) is 5.98. The minimum atomic E-state index is 0.234. The molecule has 0 saturated carbocycles. The molecule has 0 radical (unpaired) electrons. The largest absolute Gasteiger partial charge is 0.496 e. The van der Waals surface area contributed by atoms with Gasteiger partial charge < -0.3 is 20.3 Å². The Morgan fingerprint density at radius 1 is 1.12 bits per heavy atom. The molecule has 128 valence electrons. The van der Waals surface area contributed by atoms with Crippen LogP contribution in [0.4, 0.5) is 5.69 Å². The summed E-state index contributed by atoms with van der Waals surface area (Å²) in [4.78, 5) is 1.31. The van der Waals surface area contributed by atoms with Gasteiger partial charge in [-0.25, -0.2) is 0 Å². The Kier molecular flexibility index (Phi) is 6.58. The molecule has 0 unspecified atom stereocenters. The molecule has 0 fully saturated rings. The molecule has 1 atom stereocenters. The summed E-state index contributed by atoms with van der Waals surface area (Å²) in [6.07, 6.45) is 0. The van der Waals surface area contributed by atoms with Gasteiger partial charge in [-0.1, -0.05) is 30.3 Å². The minimum absolute atomic E-state index is 0.234. The number of benzene rings is 2. The SMILES string of the molecule is COc1ccccc1[C@H](CNC(=S)Nc1ccccc1C)[NH+](C)C. The van der Waals surface area contributed by atoms with E-state index in [1.807, 2.05) is 36.4 Å². The van der Waals surface area contributed by atoms with Gasteiger partial charge in [0.25, 0.3) is 0 Å². The first kappa shape index (κ1) is 18.2. The summed E-state index contributed by atoms with van der Waals surface area (Å²) in [5, 5.41) is 7.23. The first-order valence-corrected chi connectivity index (χ1v) is 8.47. The molecule has 0 amide bonds. The molecular weight excluding hydrogens is 318 g/mol. The molecule has 0 aliphatic rings. The van der Waals surface area contributed by atoms with Gasteiger partial charge in [0.1, 0.15) is 11.8 Å². The number of aryl methyl sites for hydroxylation is 1. The normalized spacial score (nSPS) is 11.9. The number of methoxy groups -OCH3 is 1. The van der Waals surface area contributed by atoms with Crippen LogP contribution in [0.1, 0.15) is 17.2 Å². The summed E-state index contributed by atoms with van der Waals surface area (Å²) < 4.78 is 5.51. The smallest absolute Gasteiger partial charge is 0.171 e. The van der Waals surface area contributed by atoms with Crippen LogP contribution in [-0.2, 0) is 0 Å². The second kappa shape index (κ2) is 8.66. The Hall–Kier alpha value is -2.11. The van der Waals surface area contributed by atoms with Crippen molar-refractivity contribution in [3.05, 3.63) is 59.7 Å². The van der Waals surface area contributed by atoms with Crippen LogP contribution in [0.3, 0.4) is 0 Å². The molecule has 0 bridgehead atoms. The van der Waals surface area contributed by atoms with E-state index in [2.05, 4.69) is 43.8 Å². The van der Waals surface area contributed by atoms with E-state index in [-0.39, 0.29) is 6.04 Å². The second-order valence-electron chi connectivity index (χ2n) is 6.02. The van der Waals surface area contributed by atoms with Crippen molar-refractivity contribution >= 4 is 23.0 Å². The summed E-state index contributed by atoms with van der Waals surface area (Å²) >= 11 is 5.45. The number of para-hydroxylation sites is 2. The fourth-order valence-corrected chi connectivity index (χ4v) is 2.85. The van der Waals surface area contributed by atoms with Gasteiger partial charge >= 0.3 is 0 Å². The van der Waals surface area contributed by atoms with Crippen molar-refractivity contribution in [1.29, 1.82) is 0 Å². The third kappa shape index (κ3) is 4.69. The third-order valence-corrected chi connectivity index (χ3v) is 4.32. The van der Waals surface area contributed by atoms with Crippen LogP contribution in [-0.4, -0.2) is 32.9 Å². The highest BCUT2D eigenvalue weighted by atomic mass is 32.1. The average molecular weight is 345 g/mol. The highest BCUT2D eigenvalue weighted by Gasteiger charge is 2.21. The maximum absolute atomic E-state index is 5.51. The van der Waals surface area contributed by atoms with E-state index in [9.17, 15) is 0 Å². The van der Waals surface area contributed by atoms with Gasteiger partial charge in [-0.15, -0.1) is 0 Å². The van der Waals surface area contributed by atoms with Gasteiger partial charge in [0.05, 0.1) is 33.3 Å². The summed E-state index contributed by atoms with van der Waals surface area (Å²) in [5.74, 6) is 0.906. The first-order valence-electron chi connectivity index (χ1n) is 8.06. The molecule has 0 saturated heterocycles. The molecule has 0 aromatic heterocycles. The van der Waals surface area contributed by atoms with Gasteiger partial charge in [0.15, 0.2) is 5.11 Å². The van der Waals surface area contributed by atoms with E-state index in [0.717, 1.165) is 18.0 Å². The van der Waals surface area contributed by atoms with Crippen LogP contribution in [0.25, 0.3) is 0 Å². The van der Waals surface area contributed by atoms with E-state index in [1.54, 1.807) is 7.11 Å². The topological polar surface area (TPSA) is 37.7 Å². The Bertz CT molecular complexity index is 688. The van der Waals surface area contributed by atoms with Crippen LogP contribution >= 0.6 is 12.2 Å². The second-order valence-corrected chi connectivity index (χ2v) is 6.43. The van der Waals surface area contributed by atoms with Gasteiger partial charge in [-0.05, 0) is 42.9 Å². The number of quaternary nitrogens is 1. The lowest BCUT2D eigenvalue weighted by Crippen LogP contribution is -3.07. The quantitative estimate of drug-likeness (QED) is 0.702. The van der Waals surface area contributed by atoms with Crippen LogP contribution in [0.5, 0.6) is 5.75 Å². The highest BCUT2D eigenvalue weighted by molar-refractivity contribution is 7.80. The van der Waals surface area contributed by atoms with Gasteiger partial charge in [-0.3, -0.25) is 0 Å². The van der Waals surface area contributed by atoms with E-state index >= 15 is 0 Å². The number of hydrogen-bond acceptors (Lipinski definition) is 2. The first-order chi connectivity index (χ1) is 11.5. The molecule has 0 heterocycles. The van der Waals surface area contributed by atoms with E-state index in [0.29, 0.717) is 5.11 Å². The highest BCUT2D eigenvalue weighted by Crippen LogP contribution is 2.22. The monoisotopic (exact) mass is 344 g/mol. The zero-order valence-electron chi connectivity index (χ0n) is 14.7. The maximum atomic E-state index is 5.51. The Labute approximate surface area is 149 Å². The summed E-state index contributed by atoms with van der Waals surface area (Å²) in [5.41, 5.74) is 3.37. The number of rotatable bonds is 6. The standard InChI is InChI=1S/C19H25N3OS/c1-14-9-5-7-11-16(14)21-19(24)20-13-17(22(2)3)15-10-6-8-12-18(15)23-4/h5-12,17H,13H2,1-4H3,(H2,20,21,24)/p+1/t17-/m0/s1. The summed E-state index contributed by atoms with van der Waals surface area (Å²) in [6.45, 7) is 2.78. The Balaban J connectivity index is 2.04. The van der Waals surface area contributed by atoms with Gasteiger partial charge in [-0.2, -0.15) is 0 Å². The number of likely N-dealkylation sites (N-methyl/N-ethyl adjacent to an activating group) is 1. The Morgan fingerprint density at radius 3 is 2.46 bits per heavy atom. The van der Waals surface area contributed by atoms with Crippen LogP contribution < -0.4 is 20.3 Å². The van der Waals surface area contributed by atoms with Crippen molar-refractivity contribution in [2.75, 3.05) is 33.1 Å². The maximum Gasteiger partial charge on any atom is 0.171 e. The molecule has 2 rings (SSSR count). The average Bonchev–Trinajstić information content (AvgIpc) is 2.57. The number of hydrogen-bond donors (Lipinski definition) is 3. The zero-order valence-corrected chi connectivity index (χ0v) is 15.5. The van der Waals surface area contributed by atoms with Crippen LogP contribution in [0.2, 0.25) is 0 Å². The predicted octanol–water partition coefficient (Wildman–Crippen LogP) is 2.18. The molecule has 4 nitrogen and oxygen atoms in total. The minimum Gasteiger partial charge on any atom is -0.496 e. The fraction of sp³-hybridized carbons (Fsp3) is 0.316. The van der Waals surface area contributed by atoms with Crippen LogP contribution in [0, 0.1) is 6.92 Å². The van der Waals surface area contributed by atoms with Crippen LogP contribution in [0.15, 0.2) is 48.5 Å². The molecular formula is C19H26N3OS+. The number of anilines is 1. The van der Waals surface area contributed by atoms with Crippen molar-refractivity contribution in [2.24, 2.45) is 0 Å². The number of thiocarbonyl (C=S) groups is 1. The van der Waals surface area contributed by atoms with Crippen molar-refractivity contribution < 1.29 is 9.64 Å². The van der Waals surface area contributed by atoms with E-state index < -0.39 is 0 Å². The molecule has 2 aromatic rings. The third-order valence-electron chi connectivity index (χ3n) is 4.07. The summed E-state index contributed by atoms with van der Waals surface area (Å²) in [6, 6.07) is 16.5. The lowest BCUT2D eigenvalue weighted by Gasteiger charge is -2.24. The van der Waals surface area contributed by atoms with Gasteiger partial charge in [0.2, 0.25) is 0 Å². The zero-order chi connectivity index (χ0) is 17.5. The lowest BCUT2D eigenvalue weighted by molar-refractivity contribution is -0.890. The number of nitrogens with one attached hydrogen (secondary N) is 3. The van der Waals surface area contributed by atoms with Crippen molar-refractivity contribution in [3.8, 4) is 5.75 Å². The molecule has 3 N–H and O–H groups in total. The fourth-order valence-electron chi connectivity index (χ4n) is 2.65. The van der Waals surface area contributed by atoms with Gasteiger partial charge in [0, 0.05) is 5.69 Å². The Morgan fingerprint density at radius 2 is 1.79 bits per heavy atom. The van der Waals surface area contributed by atoms with E-state index in [1.165, 1.54) is 16.0 Å². The van der Waals surface area contributed by atoms with E-state index in [4.69, 9.17) is 17.0 Å². The molecule has 5 heteroatoms.